The molecule has 2 aliphatic rings. The molecule has 0 amide bonds. The molecule has 0 heterocycles. The first-order valence-electron chi connectivity index (χ1n) is 10.9. The molecule has 3 N–H and O–H groups in total. The van der Waals surface area contributed by atoms with Gasteiger partial charge in [0.1, 0.15) is 11.4 Å². The van der Waals surface area contributed by atoms with Crippen LogP contribution in [0.3, 0.4) is 0 Å². The summed E-state index contributed by atoms with van der Waals surface area (Å²) in [5, 5.41) is 34.4. The monoisotopic (exact) mass is 445 g/mol. The number of hydrogen-bond acceptors (Lipinski definition) is 5. The fourth-order valence-corrected chi connectivity index (χ4v) is 5.18. The summed E-state index contributed by atoms with van der Waals surface area (Å²) >= 11 is 0. The predicted molar refractivity (Wildman–Crippen MR) is 131 cm³/mol. The van der Waals surface area contributed by atoms with E-state index in [1.54, 1.807) is 24.3 Å². The van der Waals surface area contributed by atoms with Gasteiger partial charge in [0.05, 0.1) is 5.41 Å². The first kappa shape index (κ1) is 20.0. The third-order valence-corrected chi connectivity index (χ3v) is 6.71. The Labute approximate surface area is 195 Å². The Hall–Kier alpha value is -4.64. The highest BCUT2D eigenvalue weighted by Gasteiger charge is 2.45. The lowest BCUT2D eigenvalue weighted by Gasteiger charge is -2.24. The van der Waals surface area contributed by atoms with E-state index in [1.165, 1.54) is 0 Å². The van der Waals surface area contributed by atoms with Crippen LogP contribution in [-0.2, 0) is 5.41 Å². The first-order valence-corrected chi connectivity index (χ1v) is 10.9. The van der Waals surface area contributed by atoms with Crippen LogP contribution in [0.2, 0.25) is 0 Å². The van der Waals surface area contributed by atoms with Crippen molar-refractivity contribution >= 4 is 16.8 Å². The smallest absolute Gasteiger partial charge is 0.158 e. The largest absolute Gasteiger partial charge is 0.506 e. The highest BCUT2D eigenvalue weighted by atomic mass is 16.3. The van der Waals surface area contributed by atoms with Crippen LogP contribution in [0.1, 0.15) is 33.4 Å². The number of fused-ring (bicyclic) bond motifs is 4. The van der Waals surface area contributed by atoms with Gasteiger partial charge in [0.15, 0.2) is 11.5 Å². The van der Waals surface area contributed by atoms with Gasteiger partial charge in [-0.3, -0.25) is 0 Å². The third-order valence-electron chi connectivity index (χ3n) is 6.71. The van der Waals surface area contributed by atoms with Crippen LogP contribution in [-0.4, -0.2) is 15.3 Å². The zero-order valence-electron chi connectivity index (χ0n) is 17.9. The second-order valence-corrected chi connectivity index (χ2v) is 8.58. The Morgan fingerprint density at radius 3 is 1.59 bits per heavy atom. The van der Waals surface area contributed by atoms with Gasteiger partial charge in [-0.05, 0) is 74.0 Å². The van der Waals surface area contributed by atoms with Crippen LogP contribution in [0, 0.1) is 4.91 Å². The summed E-state index contributed by atoms with van der Waals surface area (Å²) in [6.45, 7) is 0. The normalized spacial score (nSPS) is 17.8. The van der Waals surface area contributed by atoms with Crippen molar-refractivity contribution in [2.75, 3.05) is 0 Å². The average Bonchev–Trinajstić information content (AvgIpc) is 3.35. The molecule has 5 heteroatoms. The maximum absolute atomic E-state index is 11.4. The minimum atomic E-state index is -0.828. The molecule has 0 radical (unpaired) electrons. The molecule has 0 aromatic heterocycles. The van der Waals surface area contributed by atoms with Gasteiger partial charge < -0.3 is 15.3 Å². The van der Waals surface area contributed by atoms with Gasteiger partial charge in [0.25, 0.3) is 0 Å². The SMILES string of the molecule is O=Nc1cc2c(cc1O)C1(C=C(c3ccccc3)c3cc(O)c(O)cc31)C=C2c1ccccc1. The molecule has 0 bridgehead atoms. The molecule has 34 heavy (non-hydrogen) atoms. The predicted octanol–water partition coefficient (Wildman–Crippen LogP) is 6.38. The number of hydrogen-bond donors (Lipinski definition) is 3. The summed E-state index contributed by atoms with van der Waals surface area (Å²) in [5.74, 6) is -0.632. The lowest BCUT2D eigenvalue weighted by atomic mass is 9.78. The quantitative estimate of drug-likeness (QED) is 0.252. The number of phenolic OH excluding ortho intramolecular Hbond substituents is 3. The van der Waals surface area contributed by atoms with E-state index in [4.69, 9.17) is 0 Å². The standard InChI is InChI=1S/C29H19NO4/c31-26-13-23-19(11-25(26)30-34)21(17-7-3-1-4-8-17)15-29(23)16-22(18-9-5-2-6-10-18)20-12-27(32)28(33)14-24(20)29/h1-16,31-33H. The van der Waals surface area contributed by atoms with E-state index in [1.807, 2.05) is 60.7 Å². The number of rotatable bonds is 3. The number of allylic oxidation sites excluding steroid dienone is 2. The van der Waals surface area contributed by atoms with E-state index in [2.05, 4.69) is 17.3 Å². The lowest BCUT2D eigenvalue weighted by molar-refractivity contribution is 0.402. The Balaban J connectivity index is 1.72. The van der Waals surface area contributed by atoms with Crippen molar-refractivity contribution < 1.29 is 15.3 Å². The van der Waals surface area contributed by atoms with Crippen molar-refractivity contribution in [2.45, 2.75) is 5.41 Å². The van der Waals surface area contributed by atoms with E-state index < -0.39 is 5.41 Å². The van der Waals surface area contributed by atoms with Gasteiger partial charge in [-0.2, -0.15) is 0 Å². The lowest BCUT2D eigenvalue weighted by Crippen LogP contribution is -2.18. The summed E-state index contributed by atoms with van der Waals surface area (Å²) < 4.78 is 0. The van der Waals surface area contributed by atoms with Gasteiger partial charge in [0.2, 0.25) is 0 Å². The average molecular weight is 445 g/mol. The van der Waals surface area contributed by atoms with Crippen molar-refractivity contribution in [3.05, 3.63) is 135 Å². The van der Waals surface area contributed by atoms with Crippen molar-refractivity contribution in [1.29, 1.82) is 0 Å². The van der Waals surface area contributed by atoms with Gasteiger partial charge >= 0.3 is 0 Å². The Bertz CT molecular complexity index is 1540. The van der Waals surface area contributed by atoms with Gasteiger partial charge in [-0.15, -0.1) is 4.91 Å². The Kier molecular flexibility index (Phi) is 4.23. The van der Waals surface area contributed by atoms with Crippen LogP contribution in [0.25, 0.3) is 11.1 Å². The number of phenols is 3. The third kappa shape index (κ3) is 2.74. The highest BCUT2D eigenvalue weighted by Crippen LogP contribution is 2.57. The van der Waals surface area contributed by atoms with Crippen LogP contribution in [0.4, 0.5) is 5.69 Å². The Morgan fingerprint density at radius 1 is 0.588 bits per heavy atom. The minimum absolute atomic E-state index is 0.0309. The molecule has 0 saturated carbocycles. The zero-order valence-corrected chi connectivity index (χ0v) is 17.9. The van der Waals surface area contributed by atoms with E-state index in [-0.39, 0.29) is 22.9 Å². The first-order chi connectivity index (χ1) is 16.5. The summed E-state index contributed by atoms with van der Waals surface area (Å²) in [4.78, 5) is 11.4. The minimum Gasteiger partial charge on any atom is -0.506 e. The van der Waals surface area contributed by atoms with Crippen LogP contribution in [0.15, 0.2) is 102 Å². The second kappa shape index (κ2) is 7.18. The second-order valence-electron chi connectivity index (χ2n) is 8.58. The summed E-state index contributed by atoms with van der Waals surface area (Å²) in [6.07, 6.45) is 4.18. The molecule has 164 valence electrons. The van der Waals surface area contributed by atoms with Crippen LogP contribution >= 0.6 is 0 Å². The molecule has 6 rings (SSSR count). The van der Waals surface area contributed by atoms with Crippen LogP contribution in [0.5, 0.6) is 17.2 Å². The molecule has 4 aromatic rings. The number of benzene rings is 4. The summed E-state index contributed by atoms with van der Waals surface area (Å²) in [5.41, 5.74) is 5.97. The molecular weight excluding hydrogens is 426 g/mol. The van der Waals surface area contributed by atoms with Crippen LogP contribution < -0.4 is 0 Å². The van der Waals surface area contributed by atoms with Crippen molar-refractivity contribution in [2.24, 2.45) is 5.18 Å². The van der Waals surface area contributed by atoms with Gasteiger partial charge in [-0.1, -0.05) is 72.8 Å². The number of aromatic hydroxyl groups is 3. The highest BCUT2D eigenvalue weighted by molar-refractivity contribution is 5.97. The molecule has 4 aromatic carbocycles. The zero-order chi connectivity index (χ0) is 23.4. The number of nitroso groups, excluding NO2 is 1. The molecule has 0 saturated heterocycles. The molecule has 0 aliphatic heterocycles. The van der Waals surface area contributed by atoms with Gasteiger partial charge in [-0.25, -0.2) is 0 Å². The molecule has 2 aliphatic carbocycles. The molecule has 5 nitrogen and oxygen atoms in total. The van der Waals surface area contributed by atoms with E-state index in [0.29, 0.717) is 0 Å². The maximum Gasteiger partial charge on any atom is 0.158 e. The topological polar surface area (TPSA) is 90.1 Å². The molecule has 0 fully saturated rings. The Morgan fingerprint density at radius 2 is 1.06 bits per heavy atom. The molecule has 1 unspecified atom stereocenters. The molecule has 1 spiro atoms. The van der Waals surface area contributed by atoms with E-state index in [9.17, 15) is 20.2 Å². The summed E-state index contributed by atoms with van der Waals surface area (Å²) in [6, 6.07) is 26.0. The van der Waals surface area contributed by atoms with Crippen molar-refractivity contribution in [1.82, 2.24) is 0 Å². The van der Waals surface area contributed by atoms with Crippen molar-refractivity contribution in [3.8, 4) is 17.2 Å². The van der Waals surface area contributed by atoms with Crippen molar-refractivity contribution in [3.63, 3.8) is 0 Å². The number of nitrogens with zero attached hydrogens (tertiary/aromatic N) is 1. The fraction of sp³-hybridized carbons (Fsp3) is 0.0345. The molecular formula is C29H19NO4. The summed E-state index contributed by atoms with van der Waals surface area (Å²) in [7, 11) is 0. The van der Waals surface area contributed by atoms with E-state index >= 15 is 0 Å². The maximum atomic E-state index is 11.4. The molecule has 1 atom stereocenters. The van der Waals surface area contributed by atoms with E-state index in [0.717, 1.165) is 44.5 Å². The van der Waals surface area contributed by atoms with Gasteiger partial charge in [0, 0.05) is 0 Å². The fourth-order valence-electron chi connectivity index (χ4n) is 5.18.